The summed E-state index contributed by atoms with van der Waals surface area (Å²) in [5.74, 6) is -1.65. The summed E-state index contributed by atoms with van der Waals surface area (Å²) >= 11 is 14.5. The van der Waals surface area contributed by atoms with Gasteiger partial charge in [-0.15, -0.1) is 11.3 Å². The Hall–Kier alpha value is -2.73. The highest BCUT2D eigenvalue weighted by atomic mass is 35.5. The predicted molar refractivity (Wildman–Crippen MR) is 136 cm³/mol. The molecule has 4 aromatic rings. The fourth-order valence-electron chi connectivity index (χ4n) is 3.92. The lowest BCUT2D eigenvalue weighted by Crippen LogP contribution is -2.52. The van der Waals surface area contributed by atoms with E-state index in [1.165, 1.54) is 11.3 Å². The number of aromatic carboxylic acids is 1. The van der Waals surface area contributed by atoms with Crippen LogP contribution in [0.15, 0.2) is 24.3 Å². The Bertz CT molecular complexity index is 1420. The number of carboxylic acids is 1. The van der Waals surface area contributed by atoms with Gasteiger partial charge in [-0.25, -0.2) is 19.2 Å². The third-order valence-corrected chi connectivity index (χ3v) is 8.81. The number of para-hydroxylation sites is 1. The van der Waals surface area contributed by atoms with Gasteiger partial charge in [-0.1, -0.05) is 46.7 Å². The third-order valence-electron chi connectivity index (χ3n) is 5.72. The lowest BCUT2D eigenvalue weighted by Gasteiger charge is -2.34. The lowest BCUT2D eigenvalue weighted by atomic mass is 10.0. The zero-order chi connectivity index (χ0) is 24.9. The Morgan fingerprint density at radius 1 is 1.23 bits per heavy atom. The number of benzene rings is 1. The molecule has 0 radical (unpaired) electrons. The highest BCUT2D eigenvalue weighted by molar-refractivity contribution is 7.22. The number of thiazole rings is 2. The first-order chi connectivity index (χ1) is 16.7. The molecular weight excluding hydrogens is 536 g/mol. The number of hydrogen-bond donors (Lipinski definition) is 3. The molecule has 0 spiro atoms. The molecule has 182 valence electrons. The Morgan fingerprint density at radius 3 is 2.66 bits per heavy atom. The smallest absolute Gasteiger partial charge is 0.348 e. The number of nitrogens with zero attached hydrogens (tertiary/aromatic N) is 3. The molecule has 2 atom stereocenters. The van der Waals surface area contributed by atoms with Crippen LogP contribution < -0.4 is 10.2 Å². The van der Waals surface area contributed by atoms with E-state index >= 15 is 4.39 Å². The summed E-state index contributed by atoms with van der Waals surface area (Å²) in [6, 6.07) is 6.77. The molecule has 1 aliphatic rings. The number of nitrogens with one attached hydrogen (secondary N) is 2. The summed E-state index contributed by atoms with van der Waals surface area (Å²) in [5, 5.41) is 13.7. The molecule has 35 heavy (non-hydrogen) atoms. The minimum absolute atomic E-state index is 0.0466. The molecule has 3 N–H and O–H groups in total. The van der Waals surface area contributed by atoms with Gasteiger partial charge in [0.2, 0.25) is 0 Å². The summed E-state index contributed by atoms with van der Waals surface area (Å²) in [4.78, 5) is 38.1. The van der Waals surface area contributed by atoms with E-state index in [1.807, 2.05) is 24.3 Å². The molecule has 0 saturated carbocycles. The second kappa shape index (κ2) is 9.38. The van der Waals surface area contributed by atoms with Crippen LogP contribution in [0.2, 0.25) is 10.0 Å². The van der Waals surface area contributed by atoms with Crippen LogP contribution in [0.3, 0.4) is 0 Å². The van der Waals surface area contributed by atoms with Crippen LogP contribution in [-0.2, 0) is 0 Å². The molecule has 4 heterocycles. The molecule has 0 aliphatic carbocycles. The monoisotopic (exact) mass is 553 g/mol. The van der Waals surface area contributed by atoms with Crippen LogP contribution in [0.4, 0.5) is 9.52 Å². The molecule has 5 rings (SSSR count). The minimum Gasteiger partial charge on any atom is -0.477 e. The van der Waals surface area contributed by atoms with Crippen molar-refractivity contribution < 1.29 is 19.1 Å². The number of hydrogen-bond acceptors (Lipinski definition) is 7. The molecule has 1 aromatic carbocycles. The van der Waals surface area contributed by atoms with Gasteiger partial charge < -0.3 is 20.3 Å². The molecular formula is C22H18Cl2FN5O3S2. The van der Waals surface area contributed by atoms with E-state index in [-0.39, 0.29) is 32.9 Å². The summed E-state index contributed by atoms with van der Waals surface area (Å²) in [5.41, 5.74) is 1.68. The fraction of sp³-hybridized carbons (Fsp3) is 0.273. The number of piperidine rings is 1. The maximum Gasteiger partial charge on any atom is 0.348 e. The fourth-order valence-corrected chi connectivity index (χ4v) is 6.30. The zero-order valence-electron chi connectivity index (χ0n) is 18.1. The number of halogens is 3. The predicted octanol–water partition coefficient (Wildman–Crippen LogP) is 5.41. The van der Waals surface area contributed by atoms with E-state index in [1.54, 1.807) is 11.8 Å². The van der Waals surface area contributed by atoms with E-state index < -0.39 is 24.1 Å². The summed E-state index contributed by atoms with van der Waals surface area (Å²) in [7, 11) is 0. The number of carboxylic acid groups (broad SMARTS) is 1. The minimum atomic E-state index is -1.40. The van der Waals surface area contributed by atoms with Gasteiger partial charge in [-0.2, -0.15) is 0 Å². The molecule has 1 aliphatic heterocycles. The van der Waals surface area contributed by atoms with Gasteiger partial charge in [0.25, 0.3) is 5.91 Å². The molecule has 1 amide bonds. The summed E-state index contributed by atoms with van der Waals surface area (Å²) < 4.78 is 16.0. The highest BCUT2D eigenvalue weighted by Gasteiger charge is 2.34. The number of aryl methyl sites for hydroxylation is 1. The highest BCUT2D eigenvalue weighted by Crippen LogP contribution is 2.38. The second-order valence-corrected chi connectivity index (χ2v) is 10.8. The average molecular weight is 554 g/mol. The van der Waals surface area contributed by atoms with Gasteiger partial charge >= 0.3 is 5.97 Å². The molecule has 8 nitrogen and oxygen atoms in total. The SMILES string of the molecule is Cc1[nH]c(C(=O)NC2CCN(c3nc(-c4nc5ccccc5s4)c(C(=O)O)s3)CC2F)c(Cl)c1Cl. The quantitative estimate of drug-likeness (QED) is 0.304. The Morgan fingerprint density at radius 2 is 2.00 bits per heavy atom. The van der Waals surface area contributed by atoms with Crippen molar-refractivity contribution in [3.8, 4) is 10.7 Å². The van der Waals surface area contributed by atoms with Crippen molar-refractivity contribution in [2.75, 3.05) is 18.0 Å². The van der Waals surface area contributed by atoms with Crippen molar-refractivity contribution >= 4 is 73.1 Å². The van der Waals surface area contributed by atoms with E-state index in [4.69, 9.17) is 23.2 Å². The third kappa shape index (κ3) is 4.49. The van der Waals surface area contributed by atoms with Gasteiger partial charge in [0, 0.05) is 12.2 Å². The summed E-state index contributed by atoms with van der Waals surface area (Å²) in [6.07, 6.45) is -1.10. The second-order valence-electron chi connectivity index (χ2n) is 8.05. The van der Waals surface area contributed by atoms with Crippen LogP contribution in [0.5, 0.6) is 0 Å². The standard InChI is InChI=1S/C22H18Cl2FN5O3S2/c1-9-14(23)15(24)16(26-9)19(31)27-11-6-7-30(8-10(11)25)22-29-17(18(35-22)21(32)33)20-28-12-4-2-3-5-13(12)34-20/h2-5,10-11,26H,6-8H2,1H3,(H,27,31)(H,32,33). The number of rotatable bonds is 5. The average Bonchev–Trinajstić information content (AvgIpc) is 3.52. The Balaban J connectivity index is 1.34. The van der Waals surface area contributed by atoms with Crippen LogP contribution in [0.25, 0.3) is 20.9 Å². The van der Waals surface area contributed by atoms with Crippen molar-refractivity contribution in [3.05, 3.63) is 50.6 Å². The van der Waals surface area contributed by atoms with Crippen LogP contribution in [0.1, 0.15) is 32.3 Å². The van der Waals surface area contributed by atoms with Crippen molar-refractivity contribution in [3.63, 3.8) is 0 Å². The first-order valence-corrected chi connectivity index (χ1v) is 12.9. The molecule has 13 heteroatoms. The van der Waals surface area contributed by atoms with Gasteiger partial charge in [-0.3, -0.25) is 4.79 Å². The molecule has 1 saturated heterocycles. The van der Waals surface area contributed by atoms with Crippen LogP contribution >= 0.6 is 45.9 Å². The number of anilines is 1. The maximum absolute atomic E-state index is 15.1. The van der Waals surface area contributed by atoms with E-state index in [9.17, 15) is 14.7 Å². The number of carbonyl (C=O) groups is 2. The van der Waals surface area contributed by atoms with Crippen molar-refractivity contribution in [1.82, 2.24) is 20.3 Å². The van der Waals surface area contributed by atoms with E-state index in [0.717, 1.165) is 21.6 Å². The number of alkyl halides is 1. The normalized spacial score (nSPS) is 18.2. The molecule has 2 unspecified atom stereocenters. The van der Waals surface area contributed by atoms with Gasteiger partial charge in [0.15, 0.2) is 5.13 Å². The van der Waals surface area contributed by atoms with E-state index in [2.05, 4.69) is 20.3 Å². The molecule has 3 aromatic heterocycles. The summed E-state index contributed by atoms with van der Waals surface area (Å²) in [6.45, 7) is 2.02. The Kier molecular flexibility index (Phi) is 6.43. The molecule has 1 fully saturated rings. The number of carbonyl (C=O) groups excluding carboxylic acids is 1. The lowest BCUT2D eigenvalue weighted by molar-refractivity contribution is 0.0702. The zero-order valence-corrected chi connectivity index (χ0v) is 21.3. The number of aromatic amines is 1. The first kappa shape index (κ1) is 24.0. The van der Waals surface area contributed by atoms with E-state index in [0.29, 0.717) is 28.8 Å². The van der Waals surface area contributed by atoms with Crippen molar-refractivity contribution in [2.45, 2.75) is 25.6 Å². The number of aromatic nitrogens is 3. The molecule has 0 bridgehead atoms. The Labute approximate surface area is 216 Å². The van der Waals surface area contributed by atoms with Crippen LogP contribution in [0, 0.1) is 6.92 Å². The number of H-pyrrole nitrogens is 1. The number of fused-ring (bicyclic) bond motifs is 1. The van der Waals surface area contributed by atoms with Crippen LogP contribution in [-0.4, -0.2) is 57.2 Å². The van der Waals surface area contributed by atoms with Crippen molar-refractivity contribution in [2.24, 2.45) is 0 Å². The first-order valence-electron chi connectivity index (χ1n) is 10.6. The van der Waals surface area contributed by atoms with Crippen molar-refractivity contribution in [1.29, 1.82) is 0 Å². The number of amides is 1. The van der Waals surface area contributed by atoms with Gasteiger partial charge in [-0.05, 0) is 25.5 Å². The van der Waals surface area contributed by atoms with Gasteiger partial charge in [0.05, 0.1) is 32.8 Å². The maximum atomic E-state index is 15.1. The topological polar surface area (TPSA) is 111 Å². The largest absolute Gasteiger partial charge is 0.477 e. The van der Waals surface area contributed by atoms with Gasteiger partial charge in [0.1, 0.15) is 27.4 Å².